The summed E-state index contributed by atoms with van der Waals surface area (Å²) in [5.74, 6) is 3.17. The number of rotatable bonds is 7. The topological polar surface area (TPSA) is 43.0 Å². The van der Waals surface area contributed by atoms with Gasteiger partial charge in [-0.05, 0) is 31.4 Å². The highest BCUT2D eigenvalue weighted by Gasteiger charge is 2.20. The van der Waals surface area contributed by atoms with E-state index in [1.165, 1.54) is 12.8 Å². The molecular weight excluding hydrogens is 238 g/mol. The van der Waals surface area contributed by atoms with Crippen molar-refractivity contribution in [2.75, 3.05) is 0 Å². The molecule has 0 aromatic carbocycles. The fourth-order valence-corrected chi connectivity index (χ4v) is 2.24. The molecule has 2 heterocycles. The van der Waals surface area contributed by atoms with Crippen LogP contribution in [0.3, 0.4) is 0 Å². The third-order valence-electron chi connectivity index (χ3n) is 3.46. The molecule has 1 aliphatic rings. The van der Waals surface area contributed by atoms with Crippen molar-refractivity contribution in [2.24, 2.45) is 0 Å². The first kappa shape index (κ1) is 12.5. The fourth-order valence-electron chi connectivity index (χ4n) is 2.24. The van der Waals surface area contributed by atoms with Gasteiger partial charge in [-0.15, -0.1) is 0 Å². The monoisotopic (exact) mass is 259 g/mol. The summed E-state index contributed by atoms with van der Waals surface area (Å²) in [6.45, 7) is 3.79. The van der Waals surface area contributed by atoms with Gasteiger partial charge in [0.1, 0.15) is 17.3 Å². The minimum absolute atomic E-state index is 0.721. The Bertz CT molecular complexity index is 525. The Labute approximate surface area is 113 Å². The quantitative estimate of drug-likeness (QED) is 0.831. The van der Waals surface area contributed by atoms with Crippen molar-refractivity contribution in [3.8, 4) is 0 Å². The average molecular weight is 259 g/mol. The van der Waals surface area contributed by atoms with E-state index in [-0.39, 0.29) is 0 Å². The van der Waals surface area contributed by atoms with Gasteiger partial charge in [-0.2, -0.15) is 0 Å². The van der Waals surface area contributed by atoms with Crippen molar-refractivity contribution in [1.82, 2.24) is 14.9 Å². The lowest BCUT2D eigenvalue weighted by molar-refractivity contribution is 0.434. The molecule has 1 saturated carbocycles. The van der Waals surface area contributed by atoms with Crippen LogP contribution in [0.15, 0.2) is 28.9 Å². The van der Waals surface area contributed by atoms with Crippen LogP contribution in [-0.2, 0) is 19.5 Å². The van der Waals surface area contributed by atoms with Gasteiger partial charge in [-0.3, -0.25) is 0 Å². The number of aromatic nitrogens is 2. The Morgan fingerprint density at radius 3 is 3.00 bits per heavy atom. The summed E-state index contributed by atoms with van der Waals surface area (Å²) in [4.78, 5) is 4.39. The summed E-state index contributed by atoms with van der Waals surface area (Å²) in [7, 11) is 0. The Kier molecular flexibility index (Phi) is 3.69. The molecule has 0 spiro atoms. The van der Waals surface area contributed by atoms with Crippen LogP contribution in [0.5, 0.6) is 0 Å². The molecule has 1 N–H and O–H groups in total. The maximum atomic E-state index is 5.86. The Morgan fingerprint density at radius 2 is 2.21 bits per heavy atom. The van der Waals surface area contributed by atoms with Gasteiger partial charge in [0.05, 0.1) is 13.1 Å². The molecule has 0 aliphatic heterocycles. The first-order chi connectivity index (χ1) is 9.35. The zero-order chi connectivity index (χ0) is 13.1. The SMILES string of the molecule is CCCc1nccn1Cc1ccc(CNC2CC2)o1. The van der Waals surface area contributed by atoms with E-state index < -0.39 is 0 Å². The summed E-state index contributed by atoms with van der Waals surface area (Å²) in [5.41, 5.74) is 0. The molecule has 4 heteroatoms. The predicted molar refractivity (Wildman–Crippen MR) is 73.9 cm³/mol. The average Bonchev–Trinajstić information content (AvgIpc) is 2.98. The molecule has 2 aromatic heterocycles. The van der Waals surface area contributed by atoms with Gasteiger partial charge >= 0.3 is 0 Å². The van der Waals surface area contributed by atoms with E-state index in [2.05, 4.69) is 33.9 Å². The van der Waals surface area contributed by atoms with E-state index in [4.69, 9.17) is 4.42 Å². The van der Waals surface area contributed by atoms with Gasteiger partial charge in [-0.1, -0.05) is 6.92 Å². The Morgan fingerprint density at radius 1 is 1.37 bits per heavy atom. The minimum Gasteiger partial charge on any atom is -0.463 e. The molecule has 0 saturated heterocycles. The maximum absolute atomic E-state index is 5.86. The van der Waals surface area contributed by atoms with E-state index in [9.17, 15) is 0 Å². The summed E-state index contributed by atoms with van der Waals surface area (Å²) in [6, 6.07) is 4.86. The number of hydrogen-bond acceptors (Lipinski definition) is 3. The minimum atomic E-state index is 0.721. The van der Waals surface area contributed by atoms with Crippen molar-refractivity contribution >= 4 is 0 Å². The normalized spacial score (nSPS) is 15.0. The van der Waals surface area contributed by atoms with Crippen LogP contribution >= 0.6 is 0 Å². The third kappa shape index (κ3) is 3.26. The fraction of sp³-hybridized carbons (Fsp3) is 0.533. The lowest BCUT2D eigenvalue weighted by Gasteiger charge is -2.05. The van der Waals surface area contributed by atoms with Gasteiger partial charge in [0.2, 0.25) is 0 Å². The van der Waals surface area contributed by atoms with Gasteiger partial charge in [0.15, 0.2) is 0 Å². The van der Waals surface area contributed by atoms with Gasteiger partial charge in [-0.25, -0.2) is 4.98 Å². The molecule has 3 rings (SSSR count). The number of hydrogen-bond donors (Lipinski definition) is 1. The molecule has 2 aromatic rings. The lowest BCUT2D eigenvalue weighted by Crippen LogP contribution is -2.14. The van der Waals surface area contributed by atoms with Crippen LogP contribution in [0, 0.1) is 0 Å². The van der Waals surface area contributed by atoms with Crippen LogP contribution in [0.2, 0.25) is 0 Å². The number of aryl methyl sites for hydroxylation is 1. The number of imidazole rings is 1. The smallest absolute Gasteiger partial charge is 0.123 e. The highest BCUT2D eigenvalue weighted by Crippen LogP contribution is 2.20. The van der Waals surface area contributed by atoms with E-state index in [1.54, 1.807) is 0 Å². The van der Waals surface area contributed by atoms with Crippen molar-refractivity contribution in [3.63, 3.8) is 0 Å². The Balaban J connectivity index is 1.60. The molecule has 1 aliphatic carbocycles. The van der Waals surface area contributed by atoms with Crippen LogP contribution in [-0.4, -0.2) is 15.6 Å². The molecule has 0 amide bonds. The van der Waals surface area contributed by atoms with Crippen LogP contribution < -0.4 is 5.32 Å². The van der Waals surface area contributed by atoms with Gasteiger partial charge in [0, 0.05) is 24.9 Å². The molecule has 1 fully saturated rings. The van der Waals surface area contributed by atoms with Gasteiger partial charge < -0.3 is 14.3 Å². The van der Waals surface area contributed by atoms with E-state index in [0.717, 1.165) is 49.3 Å². The summed E-state index contributed by atoms with van der Waals surface area (Å²) >= 11 is 0. The highest BCUT2D eigenvalue weighted by atomic mass is 16.3. The molecule has 0 atom stereocenters. The van der Waals surface area contributed by atoms with Crippen molar-refractivity contribution < 1.29 is 4.42 Å². The van der Waals surface area contributed by atoms with Crippen LogP contribution in [0.1, 0.15) is 43.5 Å². The van der Waals surface area contributed by atoms with Gasteiger partial charge in [0.25, 0.3) is 0 Å². The van der Waals surface area contributed by atoms with Crippen molar-refractivity contribution in [2.45, 2.75) is 51.7 Å². The second-order valence-electron chi connectivity index (χ2n) is 5.24. The van der Waals surface area contributed by atoms with Crippen molar-refractivity contribution in [1.29, 1.82) is 0 Å². The molecule has 0 radical (unpaired) electrons. The molecule has 4 nitrogen and oxygen atoms in total. The molecule has 19 heavy (non-hydrogen) atoms. The maximum Gasteiger partial charge on any atom is 0.123 e. The largest absolute Gasteiger partial charge is 0.463 e. The number of nitrogens with zero attached hydrogens (tertiary/aromatic N) is 2. The lowest BCUT2D eigenvalue weighted by atomic mass is 10.3. The molecule has 102 valence electrons. The number of furan rings is 1. The van der Waals surface area contributed by atoms with E-state index >= 15 is 0 Å². The first-order valence-electron chi connectivity index (χ1n) is 7.16. The zero-order valence-corrected chi connectivity index (χ0v) is 11.4. The summed E-state index contributed by atoms with van der Waals surface area (Å²) < 4.78 is 8.02. The zero-order valence-electron chi connectivity index (χ0n) is 11.4. The Hall–Kier alpha value is -1.55. The van der Waals surface area contributed by atoms with Crippen LogP contribution in [0.25, 0.3) is 0 Å². The molecular formula is C15H21N3O. The third-order valence-corrected chi connectivity index (χ3v) is 3.46. The predicted octanol–water partition coefficient (Wildman–Crippen LogP) is 2.73. The standard InChI is InChI=1S/C15H21N3O/c1-2-3-15-16-8-9-18(15)11-14-7-6-13(19-14)10-17-12-4-5-12/h6-9,12,17H,2-5,10-11H2,1H3. The first-order valence-corrected chi connectivity index (χ1v) is 7.16. The van der Waals surface area contributed by atoms with Crippen molar-refractivity contribution in [3.05, 3.63) is 41.9 Å². The van der Waals surface area contributed by atoms with Crippen LogP contribution in [0.4, 0.5) is 0 Å². The van der Waals surface area contributed by atoms with E-state index in [1.807, 2.05) is 12.4 Å². The highest BCUT2D eigenvalue weighted by molar-refractivity contribution is 5.09. The molecule has 0 unspecified atom stereocenters. The number of nitrogens with one attached hydrogen (secondary N) is 1. The van der Waals surface area contributed by atoms with E-state index in [0.29, 0.717) is 0 Å². The summed E-state index contributed by atoms with van der Waals surface area (Å²) in [5, 5.41) is 3.46. The second kappa shape index (κ2) is 5.61. The summed E-state index contributed by atoms with van der Waals surface area (Å²) in [6.07, 6.45) is 8.64. The molecule has 0 bridgehead atoms. The second-order valence-corrected chi connectivity index (χ2v) is 5.24.